The van der Waals surface area contributed by atoms with Gasteiger partial charge < -0.3 is 5.32 Å². The van der Waals surface area contributed by atoms with Crippen LogP contribution in [0.1, 0.15) is 31.1 Å². The van der Waals surface area contributed by atoms with Crippen molar-refractivity contribution in [2.24, 2.45) is 5.92 Å². The van der Waals surface area contributed by atoms with Crippen molar-refractivity contribution >= 4 is 27.3 Å². The second-order valence-electron chi connectivity index (χ2n) is 5.54. The molecule has 100 valence electrons. The number of piperazine rings is 1. The van der Waals surface area contributed by atoms with E-state index in [1.807, 2.05) is 11.3 Å². The molecule has 1 aromatic rings. The van der Waals surface area contributed by atoms with Crippen molar-refractivity contribution in [3.63, 3.8) is 0 Å². The van der Waals surface area contributed by atoms with Gasteiger partial charge in [0, 0.05) is 41.1 Å². The fraction of sp³-hybridized carbons (Fsp3) is 0.714. The third-order valence-electron chi connectivity index (χ3n) is 4.26. The molecule has 2 atom stereocenters. The van der Waals surface area contributed by atoms with Crippen LogP contribution in [0.25, 0.3) is 0 Å². The first-order valence-corrected chi connectivity index (χ1v) is 8.64. The Kier molecular flexibility index (Phi) is 4.09. The molecule has 2 nitrogen and oxygen atoms in total. The molecule has 0 aromatic carbocycles. The molecule has 4 heteroatoms. The van der Waals surface area contributed by atoms with Crippen molar-refractivity contribution in [1.29, 1.82) is 0 Å². The summed E-state index contributed by atoms with van der Waals surface area (Å²) < 4.78 is 1.28. The Bertz CT molecular complexity index is 402. The monoisotopic (exact) mass is 328 g/mol. The zero-order chi connectivity index (χ0) is 12.5. The number of hydrogen-bond acceptors (Lipinski definition) is 3. The van der Waals surface area contributed by atoms with Crippen molar-refractivity contribution < 1.29 is 0 Å². The molecule has 2 heterocycles. The minimum Gasteiger partial charge on any atom is -0.311 e. The van der Waals surface area contributed by atoms with Crippen LogP contribution in [0.4, 0.5) is 0 Å². The summed E-state index contributed by atoms with van der Waals surface area (Å²) in [5.74, 6) is 0.956. The van der Waals surface area contributed by atoms with Crippen LogP contribution < -0.4 is 5.32 Å². The Morgan fingerprint density at radius 1 is 1.50 bits per heavy atom. The lowest BCUT2D eigenvalue weighted by molar-refractivity contribution is 0.112. The van der Waals surface area contributed by atoms with E-state index in [4.69, 9.17) is 0 Å². The summed E-state index contributed by atoms with van der Waals surface area (Å²) in [5, 5.41) is 5.94. The maximum Gasteiger partial charge on any atom is 0.0343 e. The zero-order valence-electron chi connectivity index (χ0n) is 10.9. The van der Waals surface area contributed by atoms with E-state index in [0.717, 1.165) is 18.5 Å². The molecule has 0 spiro atoms. The Labute approximate surface area is 122 Å². The maximum absolute atomic E-state index is 3.76. The van der Waals surface area contributed by atoms with Gasteiger partial charge in [-0.15, -0.1) is 11.3 Å². The fourth-order valence-corrected chi connectivity index (χ4v) is 4.42. The lowest BCUT2D eigenvalue weighted by Gasteiger charge is -2.40. The molecule has 1 aliphatic heterocycles. The van der Waals surface area contributed by atoms with Crippen LogP contribution in [0.3, 0.4) is 0 Å². The summed E-state index contributed by atoms with van der Waals surface area (Å²) in [7, 11) is 0. The molecular formula is C14H21BrN2S. The van der Waals surface area contributed by atoms with Crippen molar-refractivity contribution in [3.8, 4) is 0 Å². The molecule has 2 fully saturated rings. The first-order valence-electron chi connectivity index (χ1n) is 6.97. The van der Waals surface area contributed by atoms with Crippen LogP contribution in [0.5, 0.6) is 0 Å². The first-order chi connectivity index (χ1) is 8.78. The van der Waals surface area contributed by atoms with Gasteiger partial charge in [0.2, 0.25) is 0 Å². The van der Waals surface area contributed by atoms with Crippen LogP contribution in [0.15, 0.2) is 15.9 Å². The third kappa shape index (κ3) is 2.82. The number of thiophene rings is 1. The van der Waals surface area contributed by atoms with Crippen LogP contribution in [-0.2, 0) is 6.54 Å². The highest BCUT2D eigenvalue weighted by atomic mass is 79.9. The number of nitrogens with one attached hydrogen (secondary N) is 1. The van der Waals surface area contributed by atoms with Gasteiger partial charge in [0.25, 0.3) is 0 Å². The SMILES string of the molecule is CCC1CNC(C2CC2)CN1Cc1sccc1Br. The van der Waals surface area contributed by atoms with E-state index in [1.165, 1.54) is 41.7 Å². The molecule has 0 bridgehead atoms. The smallest absolute Gasteiger partial charge is 0.0343 e. The Morgan fingerprint density at radius 3 is 2.94 bits per heavy atom. The molecule has 1 N–H and O–H groups in total. The van der Waals surface area contributed by atoms with Crippen LogP contribution in [0.2, 0.25) is 0 Å². The summed E-state index contributed by atoms with van der Waals surface area (Å²) in [6.07, 6.45) is 4.11. The molecule has 1 saturated heterocycles. The second kappa shape index (κ2) is 5.61. The standard InChI is InChI=1S/C14H21BrN2S/c1-2-11-7-16-13(10-3-4-10)8-17(11)9-14-12(15)5-6-18-14/h5-6,10-11,13,16H,2-4,7-9H2,1H3. The van der Waals surface area contributed by atoms with Crippen LogP contribution in [0, 0.1) is 5.92 Å². The van der Waals surface area contributed by atoms with Gasteiger partial charge >= 0.3 is 0 Å². The van der Waals surface area contributed by atoms with Crippen molar-refractivity contribution in [1.82, 2.24) is 10.2 Å². The Balaban J connectivity index is 1.67. The maximum atomic E-state index is 3.76. The highest BCUT2D eigenvalue weighted by Gasteiger charge is 2.36. The van der Waals surface area contributed by atoms with Crippen LogP contribution in [-0.4, -0.2) is 30.1 Å². The Morgan fingerprint density at radius 2 is 2.33 bits per heavy atom. The van der Waals surface area contributed by atoms with Crippen molar-refractivity contribution in [3.05, 3.63) is 20.8 Å². The number of hydrogen-bond donors (Lipinski definition) is 1. The third-order valence-corrected chi connectivity index (χ3v) is 6.17. The molecule has 0 radical (unpaired) electrons. The average molecular weight is 329 g/mol. The summed E-state index contributed by atoms with van der Waals surface area (Å²) in [6.45, 7) is 5.82. The van der Waals surface area contributed by atoms with E-state index in [-0.39, 0.29) is 0 Å². The van der Waals surface area contributed by atoms with Crippen LogP contribution >= 0.6 is 27.3 Å². The average Bonchev–Trinajstić information content (AvgIpc) is 3.15. The largest absolute Gasteiger partial charge is 0.311 e. The van der Waals surface area contributed by atoms with E-state index in [1.54, 1.807) is 0 Å². The lowest BCUT2D eigenvalue weighted by atomic mass is 10.0. The van der Waals surface area contributed by atoms with E-state index in [2.05, 4.69) is 44.5 Å². The number of nitrogens with zero attached hydrogens (tertiary/aromatic N) is 1. The molecule has 1 saturated carbocycles. The molecular weight excluding hydrogens is 308 g/mol. The summed E-state index contributed by atoms with van der Waals surface area (Å²) >= 11 is 5.53. The van der Waals surface area contributed by atoms with Gasteiger partial charge in [0.1, 0.15) is 0 Å². The quantitative estimate of drug-likeness (QED) is 0.910. The van der Waals surface area contributed by atoms with E-state index >= 15 is 0 Å². The lowest BCUT2D eigenvalue weighted by Crippen LogP contribution is -2.56. The highest BCUT2D eigenvalue weighted by Crippen LogP contribution is 2.35. The summed E-state index contributed by atoms with van der Waals surface area (Å²) in [6, 6.07) is 3.61. The molecule has 3 rings (SSSR count). The zero-order valence-corrected chi connectivity index (χ0v) is 13.3. The van der Waals surface area contributed by atoms with Gasteiger partial charge in [0.05, 0.1) is 0 Å². The minimum absolute atomic E-state index is 0.703. The first kappa shape index (κ1) is 13.1. The minimum atomic E-state index is 0.703. The molecule has 2 aliphatic rings. The number of rotatable bonds is 4. The summed E-state index contributed by atoms with van der Waals surface area (Å²) in [5.41, 5.74) is 0. The predicted molar refractivity (Wildman–Crippen MR) is 81.0 cm³/mol. The van der Waals surface area contributed by atoms with Crippen molar-refractivity contribution in [2.75, 3.05) is 13.1 Å². The van der Waals surface area contributed by atoms with Gasteiger partial charge in [-0.3, -0.25) is 4.90 Å². The molecule has 18 heavy (non-hydrogen) atoms. The van der Waals surface area contributed by atoms with Crippen molar-refractivity contribution in [2.45, 2.75) is 44.8 Å². The van der Waals surface area contributed by atoms with E-state index < -0.39 is 0 Å². The fourth-order valence-electron chi connectivity index (χ4n) is 2.92. The molecule has 1 aromatic heterocycles. The van der Waals surface area contributed by atoms with Gasteiger partial charge in [0.15, 0.2) is 0 Å². The topological polar surface area (TPSA) is 15.3 Å². The molecule has 0 amide bonds. The Hall–Kier alpha value is 0.100. The second-order valence-corrected chi connectivity index (χ2v) is 7.39. The molecule has 2 unspecified atom stereocenters. The predicted octanol–water partition coefficient (Wildman–Crippen LogP) is 3.47. The van der Waals surface area contributed by atoms with Gasteiger partial charge in [-0.25, -0.2) is 0 Å². The van der Waals surface area contributed by atoms with Gasteiger partial charge in [-0.05, 0) is 52.6 Å². The van der Waals surface area contributed by atoms with E-state index in [0.29, 0.717) is 6.04 Å². The highest BCUT2D eigenvalue weighted by molar-refractivity contribution is 9.10. The number of halogens is 1. The van der Waals surface area contributed by atoms with Gasteiger partial charge in [-0.1, -0.05) is 6.92 Å². The van der Waals surface area contributed by atoms with Gasteiger partial charge in [-0.2, -0.15) is 0 Å². The van der Waals surface area contributed by atoms with E-state index in [9.17, 15) is 0 Å². The summed E-state index contributed by atoms with van der Waals surface area (Å²) in [4.78, 5) is 4.17. The normalized spacial score (nSPS) is 29.7. The molecule has 1 aliphatic carbocycles.